The Balaban J connectivity index is 2.54. The van der Waals surface area contributed by atoms with Gasteiger partial charge in [-0.3, -0.25) is 4.79 Å². The van der Waals surface area contributed by atoms with Crippen LogP contribution in [0, 0.1) is 6.92 Å². The summed E-state index contributed by atoms with van der Waals surface area (Å²) in [7, 11) is 0. The summed E-state index contributed by atoms with van der Waals surface area (Å²) in [4.78, 5) is 15.0. The molecule has 0 aromatic carbocycles. The first-order valence-corrected chi connectivity index (χ1v) is 3.82. The SMILES string of the molecule is C=C(C)CNC(=O)c1noc(C)n1. The molecule has 70 valence electrons. The van der Waals surface area contributed by atoms with Crippen LogP contribution in [0.2, 0.25) is 0 Å². The minimum absolute atomic E-state index is 0.0544. The molecule has 0 unspecified atom stereocenters. The quantitative estimate of drug-likeness (QED) is 0.696. The van der Waals surface area contributed by atoms with Crippen LogP contribution in [0.25, 0.3) is 0 Å². The zero-order valence-corrected chi connectivity index (χ0v) is 7.63. The topological polar surface area (TPSA) is 68.0 Å². The molecule has 1 aromatic rings. The highest BCUT2D eigenvalue weighted by atomic mass is 16.5. The van der Waals surface area contributed by atoms with Gasteiger partial charge in [0.15, 0.2) is 0 Å². The number of hydrogen-bond donors (Lipinski definition) is 1. The molecule has 0 saturated carbocycles. The molecule has 0 saturated heterocycles. The third-order valence-corrected chi connectivity index (χ3v) is 1.28. The number of nitrogens with zero attached hydrogens (tertiary/aromatic N) is 2. The van der Waals surface area contributed by atoms with Gasteiger partial charge in [0.2, 0.25) is 5.89 Å². The van der Waals surface area contributed by atoms with Crippen LogP contribution in [0.4, 0.5) is 0 Å². The molecular formula is C8H11N3O2. The largest absolute Gasteiger partial charge is 0.345 e. The van der Waals surface area contributed by atoms with Gasteiger partial charge in [-0.1, -0.05) is 17.3 Å². The van der Waals surface area contributed by atoms with Gasteiger partial charge in [0.25, 0.3) is 11.7 Å². The van der Waals surface area contributed by atoms with E-state index in [-0.39, 0.29) is 11.7 Å². The summed E-state index contributed by atoms with van der Waals surface area (Å²) in [5.74, 6) is 0.0825. The minimum atomic E-state index is -0.347. The molecule has 0 aliphatic heterocycles. The van der Waals surface area contributed by atoms with Crippen molar-refractivity contribution in [1.82, 2.24) is 15.5 Å². The van der Waals surface area contributed by atoms with E-state index in [1.54, 1.807) is 6.92 Å². The van der Waals surface area contributed by atoms with Gasteiger partial charge in [0.05, 0.1) is 0 Å². The second-order valence-corrected chi connectivity index (χ2v) is 2.78. The molecule has 1 heterocycles. The van der Waals surface area contributed by atoms with E-state index in [2.05, 4.69) is 26.6 Å². The molecule has 0 bridgehead atoms. The minimum Gasteiger partial charge on any atom is -0.345 e. The number of carbonyl (C=O) groups excluding carboxylic acids is 1. The number of carbonyl (C=O) groups is 1. The van der Waals surface area contributed by atoms with Gasteiger partial charge in [-0.05, 0) is 6.92 Å². The fraction of sp³-hybridized carbons (Fsp3) is 0.375. The normalized spacial score (nSPS) is 9.69. The zero-order chi connectivity index (χ0) is 9.84. The van der Waals surface area contributed by atoms with Crippen molar-refractivity contribution < 1.29 is 9.32 Å². The average Bonchev–Trinajstić information content (AvgIpc) is 2.47. The second kappa shape index (κ2) is 3.84. The van der Waals surface area contributed by atoms with E-state index in [9.17, 15) is 4.79 Å². The monoisotopic (exact) mass is 181 g/mol. The molecule has 5 nitrogen and oxygen atoms in total. The molecule has 1 rings (SSSR count). The highest BCUT2D eigenvalue weighted by Crippen LogP contribution is 1.94. The fourth-order valence-electron chi connectivity index (χ4n) is 0.702. The van der Waals surface area contributed by atoms with Gasteiger partial charge in [-0.25, -0.2) is 0 Å². The number of aromatic nitrogens is 2. The molecule has 0 aliphatic carbocycles. The molecule has 1 N–H and O–H groups in total. The predicted molar refractivity (Wildman–Crippen MR) is 46.2 cm³/mol. The Morgan fingerprint density at radius 2 is 2.38 bits per heavy atom. The third kappa shape index (κ3) is 2.70. The van der Waals surface area contributed by atoms with Crippen molar-refractivity contribution in [1.29, 1.82) is 0 Å². The van der Waals surface area contributed by atoms with Crippen molar-refractivity contribution in [2.75, 3.05) is 6.54 Å². The van der Waals surface area contributed by atoms with Crippen molar-refractivity contribution in [3.63, 3.8) is 0 Å². The lowest BCUT2D eigenvalue weighted by molar-refractivity contribution is 0.0943. The summed E-state index contributed by atoms with van der Waals surface area (Å²) in [6, 6.07) is 0. The fourth-order valence-corrected chi connectivity index (χ4v) is 0.702. The number of nitrogens with one attached hydrogen (secondary N) is 1. The molecule has 0 radical (unpaired) electrons. The molecule has 1 aromatic heterocycles. The van der Waals surface area contributed by atoms with Crippen molar-refractivity contribution >= 4 is 5.91 Å². The number of aryl methyl sites for hydroxylation is 1. The van der Waals surface area contributed by atoms with E-state index in [1.165, 1.54) is 0 Å². The Labute approximate surface area is 75.8 Å². The van der Waals surface area contributed by atoms with Crippen LogP contribution in [0.5, 0.6) is 0 Å². The van der Waals surface area contributed by atoms with E-state index >= 15 is 0 Å². The highest BCUT2D eigenvalue weighted by molar-refractivity contribution is 5.90. The summed E-state index contributed by atoms with van der Waals surface area (Å²) in [5, 5.41) is 6.05. The van der Waals surface area contributed by atoms with Crippen LogP contribution in [0.15, 0.2) is 16.7 Å². The molecule has 0 atom stereocenters. The Morgan fingerprint density at radius 3 is 2.85 bits per heavy atom. The van der Waals surface area contributed by atoms with Crippen molar-refractivity contribution in [3.05, 3.63) is 23.9 Å². The Bertz CT molecular complexity index is 330. The summed E-state index contributed by atoms with van der Waals surface area (Å²) in [5.41, 5.74) is 0.869. The maximum Gasteiger partial charge on any atom is 0.292 e. The lowest BCUT2D eigenvalue weighted by Gasteiger charge is -1.99. The van der Waals surface area contributed by atoms with Gasteiger partial charge >= 0.3 is 0 Å². The smallest absolute Gasteiger partial charge is 0.292 e. The van der Waals surface area contributed by atoms with E-state index in [4.69, 9.17) is 0 Å². The van der Waals surface area contributed by atoms with Crippen LogP contribution >= 0.6 is 0 Å². The zero-order valence-electron chi connectivity index (χ0n) is 7.63. The van der Waals surface area contributed by atoms with Gasteiger partial charge in [0.1, 0.15) is 0 Å². The second-order valence-electron chi connectivity index (χ2n) is 2.78. The van der Waals surface area contributed by atoms with Crippen LogP contribution in [-0.2, 0) is 0 Å². The molecule has 1 amide bonds. The van der Waals surface area contributed by atoms with E-state index < -0.39 is 0 Å². The van der Waals surface area contributed by atoms with Crippen LogP contribution in [-0.4, -0.2) is 22.6 Å². The summed E-state index contributed by atoms with van der Waals surface area (Å²) < 4.78 is 4.65. The Kier molecular flexibility index (Phi) is 2.79. The summed E-state index contributed by atoms with van der Waals surface area (Å²) >= 11 is 0. The molecule has 0 spiro atoms. The van der Waals surface area contributed by atoms with E-state index in [0.29, 0.717) is 12.4 Å². The van der Waals surface area contributed by atoms with Crippen molar-refractivity contribution in [2.45, 2.75) is 13.8 Å². The molecule has 0 fully saturated rings. The molecule has 13 heavy (non-hydrogen) atoms. The van der Waals surface area contributed by atoms with Gasteiger partial charge in [-0.15, -0.1) is 0 Å². The number of amides is 1. The molecular weight excluding hydrogens is 170 g/mol. The van der Waals surface area contributed by atoms with Crippen LogP contribution < -0.4 is 5.32 Å². The van der Waals surface area contributed by atoms with Crippen LogP contribution in [0.1, 0.15) is 23.4 Å². The Hall–Kier alpha value is -1.65. The average molecular weight is 181 g/mol. The maximum atomic E-state index is 11.2. The summed E-state index contributed by atoms with van der Waals surface area (Å²) in [6.45, 7) is 7.52. The first-order chi connectivity index (χ1) is 6.09. The first-order valence-electron chi connectivity index (χ1n) is 3.82. The lowest BCUT2D eigenvalue weighted by atomic mass is 10.3. The number of hydrogen-bond acceptors (Lipinski definition) is 4. The Morgan fingerprint density at radius 1 is 1.69 bits per heavy atom. The molecule has 0 aliphatic rings. The summed E-state index contributed by atoms with van der Waals surface area (Å²) in [6.07, 6.45) is 0. The first kappa shape index (κ1) is 9.44. The van der Waals surface area contributed by atoms with Gasteiger partial charge in [-0.2, -0.15) is 4.98 Å². The highest BCUT2D eigenvalue weighted by Gasteiger charge is 2.11. The van der Waals surface area contributed by atoms with E-state index in [1.807, 2.05) is 6.92 Å². The van der Waals surface area contributed by atoms with Crippen molar-refractivity contribution in [3.8, 4) is 0 Å². The number of rotatable bonds is 3. The third-order valence-electron chi connectivity index (χ3n) is 1.28. The predicted octanol–water partition coefficient (Wildman–Crippen LogP) is 0.684. The molecule has 5 heteroatoms. The van der Waals surface area contributed by atoms with Gasteiger partial charge in [0, 0.05) is 13.5 Å². The van der Waals surface area contributed by atoms with Crippen LogP contribution in [0.3, 0.4) is 0 Å². The maximum absolute atomic E-state index is 11.2. The standard InChI is InChI=1S/C8H11N3O2/c1-5(2)4-9-8(12)7-10-6(3)13-11-7/h1,4H2,2-3H3,(H,9,12). The lowest BCUT2D eigenvalue weighted by Crippen LogP contribution is -2.25. The van der Waals surface area contributed by atoms with Gasteiger partial charge < -0.3 is 9.84 Å². The van der Waals surface area contributed by atoms with Crippen molar-refractivity contribution in [2.24, 2.45) is 0 Å². The van der Waals surface area contributed by atoms with E-state index in [0.717, 1.165) is 5.57 Å².